The number of nitrogens with zero attached hydrogens (tertiary/aromatic N) is 1. The van der Waals surface area contributed by atoms with E-state index in [4.69, 9.17) is 0 Å². The zero-order chi connectivity index (χ0) is 9.35. The number of amides is 1. The minimum absolute atomic E-state index is 0.123. The van der Waals surface area contributed by atoms with Gasteiger partial charge in [-0.15, -0.1) is 6.58 Å². The number of cyclic esters (lactones) is 1. The van der Waals surface area contributed by atoms with E-state index in [1.54, 1.807) is 0 Å². The Morgan fingerprint density at radius 2 is 2.33 bits per heavy atom. The number of hydrogen-bond donors (Lipinski definition) is 0. The van der Waals surface area contributed by atoms with Crippen LogP contribution in [0.5, 0.6) is 0 Å². The third kappa shape index (κ3) is 1.18. The summed E-state index contributed by atoms with van der Waals surface area (Å²) >= 11 is 0. The van der Waals surface area contributed by atoms with Gasteiger partial charge in [0.05, 0.1) is 0 Å². The highest BCUT2D eigenvalue weighted by atomic mass is 32.2. The van der Waals surface area contributed by atoms with Crippen molar-refractivity contribution in [1.82, 2.24) is 4.31 Å². The molecule has 0 bridgehead atoms. The third-order valence-corrected chi connectivity index (χ3v) is 3.43. The van der Waals surface area contributed by atoms with Crippen LogP contribution in [0.1, 0.15) is 6.42 Å². The van der Waals surface area contributed by atoms with Crippen molar-refractivity contribution in [3.05, 3.63) is 12.7 Å². The molecule has 1 heterocycles. The van der Waals surface area contributed by atoms with Crippen molar-refractivity contribution in [2.45, 2.75) is 11.9 Å². The van der Waals surface area contributed by atoms with Crippen LogP contribution < -0.4 is 0 Å². The quantitative estimate of drug-likeness (QED) is 0.589. The lowest BCUT2D eigenvalue weighted by atomic mass is 10.4. The zero-order valence-electron chi connectivity index (χ0n) is 6.56. The summed E-state index contributed by atoms with van der Waals surface area (Å²) in [5, 5.41) is 0. The largest absolute Gasteiger partial charge is 0.427 e. The van der Waals surface area contributed by atoms with E-state index < -0.39 is 21.6 Å². The standard InChI is InChI=1S/C6H9NO4S/c1-3-4-5-11-6(8)7(2)12(5,9)10/h3,5H,1,4H2,2H3. The van der Waals surface area contributed by atoms with Gasteiger partial charge in [-0.2, -0.15) is 0 Å². The molecule has 0 N–H and O–H groups in total. The van der Waals surface area contributed by atoms with Crippen LogP contribution in [0.4, 0.5) is 4.79 Å². The molecule has 1 aliphatic rings. The van der Waals surface area contributed by atoms with Crippen LogP contribution in [-0.2, 0) is 14.8 Å². The Hall–Kier alpha value is -1.04. The molecule has 1 saturated heterocycles. The van der Waals surface area contributed by atoms with Crippen molar-refractivity contribution in [2.75, 3.05) is 7.05 Å². The molecule has 1 fully saturated rings. The Labute approximate surface area is 70.7 Å². The minimum Gasteiger partial charge on any atom is -0.427 e. The molecule has 1 atom stereocenters. The van der Waals surface area contributed by atoms with E-state index in [1.165, 1.54) is 13.1 Å². The van der Waals surface area contributed by atoms with Crippen LogP contribution in [0.15, 0.2) is 12.7 Å². The average Bonchev–Trinajstić information content (AvgIpc) is 2.17. The van der Waals surface area contributed by atoms with Gasteiger partial charge in [-0.05, 0) is 0 Å². The lowest BCUT2D eigenvalue weighted by Crippen LogP contribution is -2.27. The fraction of sp³-hybridized carbons (Fsp3) is 0.500. The SMILES string of the molecule is C=CCC1OC(=O)N(C)S1(=O)=O. The maximum absolute atomic E-state index is 11.2. The second-order valence-corrected chi connectivity index (χ2v) is 4.45. The number of carbonyl (C=O) groups is 1. The van der Waals surface area contributed by atoms with Gasteiger partial charge < -0.3 is 4.74 Å². The lowest BCUT2D eigenvalue weighted by molar-refractivity contribution is 0.138. The molecule has 1 unspecified atom stereocenters. The summed E-state index contributed by atoms with van der Waals surface area (Å²) in [5.74, 6) is 0. The molecule has 1 aliphatic heterocycles. The van der Waals surface area contributed by atoms with E-state index in [1.807, 2.05) is 0 Å². The highest BCUT2D eigenvalue weighted by Gasteiger charge is 2.43. The van der Waals surface area contributed by atoms with E-state index in [-0.39, 0.29) is 6.42 Å². The van der Waals surface area contributed by atoms with Crippen LogP contribution in [0.25, 0.3) is 0 Å². The van der Waals surface area contributed by atoms with Gasteiger partial charge >= 0.3 is 6.09 Å². The first-order valence-corrected chi connectivity index (χ1v) is 4.79. The number of hydrogen-bond acceptors (Lipinski definition) is 4. The Bertz CT molecular complexity index is 308. The van der Waals surface area contributed by atoms with Crippen molar-refractivity contribution in [3.8, 4) is 0 Å². The molecule has 0 aromatic rings. The van der Waals surface area contributed by atoms with Gasteiger partial charge in [-0.25, -0.2) is 17.5 Å². The number of ether oxygens (including phenoxy) is 1. The summed E-state index contributed by atoms with van der Waals surface area (Å²) in [5.41, 5.74) is -1.09. The first-order chi connectivity index (χ1) is 5.50. The summed E-state index contributed by atoms with van der Waals surface area (Å²) in [7, 11) is -2.42. The maximum Gasteiger partial charge on any atom is 0.424 e. The first-order valence-electron chi connectivity index (χ1n) is 3.29. The minimum atomic E-state index is -3.59. The molecule has 0 spiro atoms. The molecule has 6 heteroatoms. The highest BCUT2D eigenvalue weighted by Crippen LogP contribution is 2.21. The van der Waals surface area contributed by atoms with Gasteiger partial charge in [-0.3, -0.25) is 0 Å². The van der Waals surface area contributed by atoms with E-state index >= 15 is 0 Å². The summed E-state index contributed by atoms with van der Waals surface area (Å²) in [6, 6.07) is 0. The van der Waals surface area contributed by atoms with E-state index in [0.29, 0.717) is 4.31 Å². The Balaban J connectivity index is 2.95. The molecule has 12 heavy (non-hydrogen) atoms. The van der Waals surface area contributed by atoms with Crippen molar-refractivity contribution in [3.63, 3.8) is 0 Å². The average molecular weight is 191 g/mol. The van der Waals surface area contributed by atoms with Gasteiger partial charge in [-0.1, -0.05) is 6.08 Å². The van der Waals surface area contributed by atoms with E-state index in [9.17, 15) is 13.2 Å². The Morgan fingerprint density at radius 3 is 2.67 bits per heavy atom. The normalized spacial score (nSPS) is 26.9. The van der Waals surface area contributed by atoms with Crippen LogP contribution in [-0.4, -0.2) is 31.3 Å². The molecular formula is C6H9NO4S. The fourth-order valence-electron chi connectivity index (χ4n) is 0.834. The third-order valence-electron chi connectivity index (χ3n) is 1.56. The molecule has 5 nitrogen and oxygen atoms in total. The predicted molar refractivity (Wildman–Crippen MR) is 41.8 cm³/mol. The molecular weight excluding hydrogens is 182 g/mol. The van der Waals surface area contributed by atoms with Crippen LogP contribution >= 0.6 is 0 Å². The van der Waals surface area contributed by atoms with Gasteiger partial charge in [0.1, 0.15) is 0 Å². The second kappa shape index (κ2) is 2.78. The molecule has 1 amide bonds. The predicted octanol–water partition coefficient (Wildman–Crippen LogP) is 0.300. The van der Waals surface area contributed by atoms with Crippen LogP contribution in [0.2, 0.25) is 0 Å². The molecule has 0 aromatic heterocycles. The number of sulfonamides is 1. The Kier molecular flexibility index (Phi) is 2.10. The molecule has 0 aromatic carbocycles. The molecule has 1 rings (SSSR count). The summed E-state index contributed by atoms with van der Waals surface area (Å²) < 4.78 is 27.6. The van der Waals surface area contributed by atoms with Gasteiger partial charge in [0, 0.05) is 13.5 Å². The molecule has 0 radical (unpaired) electrons. The second-order valence-electron chi connectivity index (χ2n) is 2.35. The van der Waals surface area contributed by atoms with Crippen molar-refractivity contribution in [2.24, 2.45) is 0 Å². The van der Waals surface area contributed by atoms with Crippen LogP contribution in [0, 0.1) is 0 Å². The van der Waals surface area contributed by atoms with Crippen molar-refractivity contribution in [1.29, 1.82) is 0 Å². The maximum atomic E-state index is 11.2. The molecule has 0 saturated carbocycles. The summed E-state index contributed by atoms with van der Waals surface area (Å²) in [4.78, 5) is 10.8. The smallest absolute Gasteiger partial charge is 0.424 e. The topological polar surface area (TPSA) is 63.7 Å². The van der Waals surface area contributed by atoms with E-state index in [2.05, 4.69) is 11.3 Å². The van der Waals surface area contributed by atoms with Crippen molar-refractivity contribution >= 4 is 16.1 Å². The zero-order valence-corrected chi connectivity index (χ0v) is 7.37. The Morgan fingerprint density at radius 1 is 1.75 bits per heavy atom. The summed E-state index contributed by atoms with van der Waals surface area (Å²) in [6.45, 7) is 3.37. The van der Waals surface area contributed by atoms with Gasteiger partial charge in [0.25, 0.3) is 10.0 Å². The molecule has 0 aliphatic carbocycles. The van der Waals surface area contributed by atoms with Gasteiger partial charge in [0.2, 0.25) is 5.44 Å². The van der Waals surface area contributed by atoms with Crippen molar-refractivity contribution < 1.29 is 17.9 Å². The fourth-order valence-corrected chi connectivity index (χ4v) is 2.02. The first kappa shape index (κ1) is 9.05. The number of carbonyl (C=O) groups excluding carboxylic acids is 1. The number of rotatable bonds is 2. The van der Waals surface area contributed by atoms with Gasteiger partial charge in [0.15, 0.2) is 0 Å². The summed E-state index contributed by atoms with van der Waals surface area (Å²) in [6.07, 6.45) is 0.689. The molecule has 68 valence electrons. The van der Waals surface area contributed by atoms with E-state index in [0.717, 1.165) is 0 Å². The van der Waals surface area contributed by atoms with Crippen LogP contribution in [0.3, 0.4) is 0 Å². The monoisotopic (exact) mass is 191 g/mol. The highest BCUT2D eigenvalue weighted by molar-refractivity contribution is 7.90. The lowest BCUT2D eigenvalue weighted by Gasteiger charge is -2.04.